The van der Waals surface area contributed by atoms with Gasteiger partial charge in [-0.05, 0) is 55.3 Å². The molecule has 0 aliphatic carbocycles. The van der Waals surface area contributed by atoms with Gasteiger partial charge in [0, 0.05) is 24.6 Å². The Morgan fingerprint density at radius 3 is 2.68 bits per heavy atom. The van der Waals surface area contributed by atoms with Gasteiger partial charge in [-0.3, -0.25) is 9.52 Å². The molecule has 0 spiro atoms. The number of hydrogen-bond donors (Lipinski definition) is 2. The van der Waals surface area contributed by atoms with Crippen molar-refractivity contribution < 1.29 is 13.2 Å². The summed E-state index contributed by atoms with van der Waals surface area (Å²) < 4.78 is 28.3. The van der Waals surface area contributed by atoms with Gasteiger partial charge >= 0.3 is 0 Å². The largest absolute Gasteiger partial charge is 0.342 e. The lowest BCUT2D eigenvalue weighted by Crippen LogP contribution is -2.39. The highest BCUT2D eigenvalue weighted by Crippen LogP contribution is 2.28. The Hall–Kier alpha value is -3.36. The van der Waals surface area contributed by atoms with E-state index in [0.717, 1.165) is 29.7 Å². The molecule has 1 aromatic heterocycles. The van der Waals surface area contributed by atoms with Crippen molar-refractivity contribution in [3.8, 4) is 0 Å². The van der Waals surface area contributed by atoms with Crippen molar-refractivity contribution in [1.82, 2.24) is 14.9 Å². The number of nitrogens with one attached hydrogen (secondary N) is 2. The number of H-pyrrole nitrogens is 1. The van der Waals surface area contributed by atoms with Crippen molar-refractivity contribution in [3.63, 3.8) is 0 Å². The maximum absolute atomic E-state index is 13.3. The van der Waals surface area contributed by atoms with Crippen molar-refractivity contribution in [2.45, 2.75) is 23.7 Å². The summed E-state index contributed by atoms with van der Waals surface area (Å²) in [5.74, 6) is 0.772. The summed E-state index contributed by atoms with van der Waals surface area (Å²) in [7, 11) is -3.91. The van der Waals surface area contributed by atoms with E-state index in [1.807, 2.05) is 24.3 Å². The number of carbonyl (C=O) groups is 1. The maximum Gasteiger partial charge on any atom is 0.261 e. The average molecular weight is 495 g/mol. The Balaban J connectivity index is 1.35. The third-order valence-corrected chi connectivity index (χ3v) is 7.71. The number of carbonyl (C=O) groups excluding carboxylic acids is 1. The Morgan fingerprint density at radius 1 is 1.06 bits per heavy atom. The number of benzene rings is 3. The molecule has 34 heavy (non-hydrogen) atoms. The van der Waals surface area contributed by atoms with Crippen LogP contribution in [-0.4, -0.2) is 42.3 Å². The van der Waals surface area contributed by atoms with Crippen LogP contribution in [0.2, 0.25) is 5.02 Å². The zero-order valence-corrected chi connectivity index (χ0v) is 19.8. The van der Waals surface area contributed by atoms with Gasteiger partial charge in [-0.15, -0.1) is 0 Å². The number of imidazole rings is 1. The zero-order chi connectivity index (χ0) is 23.7. The van der Waals surface area contributed by atoms with Gasteiger partial charge in [0.25, 0.3) is 15.9 Å². The molecule has 1 saturated heterocycles. The van der Waals surface area contributed by atoms with E-state index in [4.69, 9.17) is 16.6 Å². The van der Waals surface area contributed by atoms with Gasteiger partial charge in [0.15, 0.2) is 0 Å². The quantitative estimate of drug-likeness (QED) is 0.406. The molecule has 1 aliphatic heterocycles. The minimum atomic E-state index is -3.91. The second-order valence-corrected chi connectivity index (χ2v) is 10.4. The molecule has 1 fully saturated rings. The molecule has 0 bridgehead atoms. The summed E-state index contributed by atoms with van der Waals surface area (Å²) in [6.45, 7) is 1.14. The standard InChI is InChI=1S/C25H23ClN4O3S/c26-20-10-1-2-11-21(20)29-34(32,33)19-9-5-7-17(15-19)25(31)30-14-6-8-18(16-30)24-27-22-12-3-4-13-23(22)28-24/h1-5,7,9-13,15,18,29H,6,8,14,16H2,(H,27,28). The fourth-order valence-electron chi connectivity index (χ4n) is 4.28. The first-order valence-electron chi connectivity index (χ1n) is 11.0. The summed E-state index contributed by atoms with van der Waals surface area (Å²) in [4.78, 5) is 23.2. The highest BCUT2D eigenvalue weighted by Gasteiger charge is 2.28. The van der Waals surface area contributed by atoms with Crippen molar-refractivity contribution >= 4 is 44.3 Å². The second-order valence-electron chi connectivity index (χ2n) is 8.34. The smallest absolute Gasteiger partial charge is 0.261 e. The van der Waals surface area contributed by atoms with E-state index in [0.29, 0.717) is 23.7 Å². The summed E-state index contributed by atoms with van der Waals surface area (Å²) in [5.41, 5.74) is 2.49. The molecule has 7 nitrogen and oxygen atoms in total. The van der Waals surface area contributed by atoms with Crippen LogP contribution in [0.1, 0.15) is 34.9 Å². The van der Waals surface area contributed by atoms with E-state index in [1.165, 1.54) is 12.1 Å². The first kappa shape index (κ1) is 22.4. The van der Waals surface area contributed by atoms with Gasteiger partial charge in [-0.25, -0.2) is 13.4 Å². The predicted molar refractivity (Wildman–Crippen MR) is 133 cm³/mol. The van der Waals surface area contributed by atoms with Crippen LogP contribution in [0.3, 0.4) is 0 Å². The lowest BCUT2D eigenvalue weighted by molar-refractivity contribution is 0.0704. The number of likely N-dealkylation sites (tertiary alicyclic amines) is 1. The highest BCUT2D eigenvalue weighted by atomic mass is 35.5. The van der Waals surface area contributed by atoms with E-state index in [2.05, 4.69) is 9.71 Å². The van der Waals surface area contributed by atoms with Crippen LogP contribution in [0.25, 0.3) is 11.0 Å². The lowest BCUT2D eigenvalue weighted by atomic mass is 9.96. The number of hydrogen-bond acceptors (Lipinski definition) is 4. The van der Waals surface area contributed by atoms with Gasteiger partial charge in [0.1, 0.15) is 5.82 Å². The number of para-hydroxylation sites is 3. The summed E-state index contributed by atoms with van der Waals surface area (Å²) >= 11 is 6.10. The van der Waals surface area contributed by atoms with E-state index in [-0.39, 0.29) is 22.4 Å². The lowest BCUT2D eigenvalue weighted by Gasteiger charge is -2.32. The van der Waals surface area contributed by atoms with Crippen LogP contribution in [-0.2, 0) is 10.0 Å². The van der Waals surface area contributed by atoms with Crippen LogP contribution in [0.15, 0.2) is 77.7 Å². The van der Waals surface area contributed by atoms with Gasteiger partial charge in [-0.2, -0.15) is 0 Å². The molecule has 2 N–H and O–H groups in total. The van der Waals surface area contributed by atoms with Crippen LogP contribution in [0.5, 0.6) is 0 Å². The Morgan fingerprint density at radius 2 is 1.85 bits per heavy atom. The molecule has 1 atom stereocenters. The molecule has 9 heteroatoms. The van der Waals surface area contributed by atoms with Crippen molar-refractivity contribution in [1.29, 1.82) is 0 Å². The number of anilines is 1. The van der Waals surface area contributed by atoms with Crippen LogP contribution in [0, 0.1) is 0 Å². The summed E-state index contributed by atoms with van der Waals surface area (Å²) in [6, 6.07) is 20.5. The average Bonchev–Trinajstić information content (AvgIpc) is 3.30. The van der Waals surface area contributed by atoms with E-state index >= 15 is 0 Å². The minimum absolute atomic E-state index is 0.00381. The number of fused-ring (bicyclic) bond motifs is 1. The van der Waals surface area contributed by atoms with Crippen molar-refractivity contribution in [2.24, 2.45) is 0 Å². The summed E-state index contributed by atoms with van der Waals surface area (Å²) in [5, 5.41) is 0.295. The van der Waals surface area contributed by atoms with Gasteiger partial charge < -0.3 is 9.88 Å². The van der Waals surface area contributed by atoms with Crippen molar-refractivity contribution in [3.05, 3.63) is 89.2 Å². The maximum atomic E-state index is 13.3. The summed E-state index contributed by atoms with van der Waals surface area (Å²) in [6.07, 6.45) is 1.78. The number of amides is 1. The molecular weight excluding hydrogens is 472 g/mol. The molecule has 0 saturated carbocycles. The number of sulfonamides is 1. The molecule has 4 aromatic rings. The third kappa shape index (κ3) is 4.51. The monoisotopic (exact) mass is 494 g/mol. The number of halogens is 1. The first-order chi connectivity index (χ1) is 16.4. The van der Waals surface area contributed by atoms with Gasteiger partial charge in [0.2, 0.25) is 0 Å². The SMILES string of the molecule is O=C(c1cccc(S(=O)(=O)Nc2ccccc2Cl)c1)N1CCCC(c2nc3ccccc3[nH]2)C1. The molecule has 2 heterocycles. The normalized spacial score (nSPS) is 16.5. The fraction of sp³-hybridized carbons (Fsp3) is 0.200. The molecule has 1 unspecified atom stereocenters. The minimum Gasteiger partial charge on any atom is -0.342 e. The number of aromatic nitrogens is 2. The fourth-order valence-corrected chi connectivity index (χ4v) is 5.64. The molecular formula is C25H23ClN4O3S. The molecule has 1 aliphatic rings. The van der Waals surface area contributed by atoms with Crippen LogP contribution < -0.4 is 4.72 Å². The van der Waals surface area contributed by atoms with Crippen molar-refractivity contribution in [2.75, 3.05) is 17.8 Å². The zero-order valence-electron chi connectivity index (χ0n) is 18.2. The molecule has 0 radical (unpaired) electrons. The number of nitrogens with zero attached hydrogens (tertiary/aromatic N) is 2. The van der Waals surface area contributed by atoms with Crippen LogP contribution >= 0.6 is 11.6 Å². The Kier molecular flexibility index (Phi) is 6.02. The van der Waals surface area contributed by atoms with E-state index < -0.39 is 10.0 Å². The van der Waals surface area contributed by atoms with E-state index in [1.54, 1.807) is 41.3 Å². The number of rotatable bonds is 5. The Labute approximate surface area is 202 Å². The van der Waals surface area contributed by atoms with Gasteiger partial charge in [-0.1, -0.05) is 41.9 Å². The number of piperidine rings is 1. The van der Waals surface area contributed by atoms with Gasteiger partial charge in [0.05, 0.1) is 26.6 Å². The third-order valence-electron chi connectivity index (χ3n) is 6.01. The second kappa shape index (κ2) is 9.12. The number of aromatic amines is 1. The molecule has 5 rings (SSSR count). The predicted octanol–water partition coefficient (Wildman–Crippen LogP) is 5.04. The Bertz CT molecular complexity index is 1430. The molecule has 174 valence electrons. The highest BCUT2D eigenvalue weighted by molar-refractivity contribution is 7.92. The molecule has 3 aromatic carbocycles. The molecule has 1 amide bonds. The van der Waals surface area contributed by atoms with Crippen LogP contribution in [0.4, 0.5) is 5.69 Å². The van der Waals surface area contributed by atoms with E-state index in [9.17, 15) is 13.2 Å². The first-order valence-corrected chi connectivity index (χ1v) is 12.9. The topological polar surface area (TPSA) is 95.2 Å².